The molecule has 0 spiro atoms. The number of nitrogens with one attached hydrogen (secondary N) is 1. The average molecular weight is 371 g/mol. The van der Waals surface area contributed by atoms with Crippen molar-refractivity contribution in [1.82, 2.24) is 15.5 Å². The van der Waals surface area contributed by atoms with Crippen LogP contribution in [0.3, 0.4) is 0 Å². The van der Waals surface area contributed by atoms with Crippen LogP contribution >= 0.6 is 11.3 Å². The van der Waals surface area contributed by atoms with Crippen LogP contribution in [0.25, 0.3) is 11.5 Å². The van der Waals surface area contributed by atoms with Crippen LogP contribution in [-0.4, -0.2) is 39.2 Å². The van der Waals surface area contributed by atoms with Crippen LogP contribution in [0.1, 0.15) is 17.8 Å². The number of thiophene rings is 1. The number of benzene rings is 1. The predicted molar refractivity (Wildman–Crippen MR) is 98.2 cm³/mol. The molecule has 26 heavy (non-hydrogen) atoms. The largest absolute Gasteiger partial charge is 0.475 e. The Balaban J connectivity index is 1.52. The van der Waals surface area contributed by atoms with Gasteiger partial charge in [-0.15, -0.1) is 0 Å². The van der Waals surface area contributed by atoms with Gasteiger partial charge in [0.15, 0.2) is 5.82 Å². The van der Waals surface area contributed by atoms with E-state index in [2.05, 4.69) is 15.5 Å². The number of hydrogen-bond donors (Lipinski definition) is 3. The summed E-state index contributed by atoms with van der Waals surface area (Å²) in [6.07, 6.45) is 0.781. The maximum absolute atomic E-state index is 12.1. The molecule has 0 aliphatic rings. The van der Waals surface area contributed by atoms with Crippen LogP contribution < -0.4 is 5.32 Å². The van der Waals surface area contributed by atoms with Gasteiger partial charge >= 0.3 is 7.12 Å². The van der Waals surface area contributed by atoms with Gasteiger partial charge in [-0.2, -0.15) is 16.3 Å². The van der Waals surface area contributed by atoms with Crippen molar-refractivity contribution in [3.05, 3.63) is 58.5 Å². The molecule has 134 valence electrons. The summed E-state index contributed by atoms with van der Waals surface area (Å²) in [7, 11) is -1.63. The molecule has 1 atom stereocenters. The maximum Gasteiger partial charge on any atom is 0.475 e. The molecular formula is C17H18BN3O4S. The third-order valence-electron chi connectivity index (χ3n) is 3.81. The number of amides is 1. The van der Waals surface area contributed by atoms with Crippen molar-refractivity contribution < 1.29 is 19.4 Å². The van der Waals surface area contributed by atoms with Crippen LogP contribution in [-0.2, 0) is 17.6 Å². The smallest absolute Gasteiger partial charge is 0.426 e. The summed E-state index contributed by atoms with van der Waals surface area (Å²) < 4.78 is 5.20. The fourth-order valence-electron chi connectivity index (χ4n) is 2.45. The molecule has 9 heteroatoms. The number of hydrogen-bond acceptors (Lipinski definition) is 7. The highest BCUT2D eigenvalue weighted by Gasteiger charge is 2.25. The molecule has 0 saturated heterocycles. The van der Waals surface area contributed by atoms with Crippen LogP contribution in [0, 0.1) is 0 Å². The van der Waals surface area contributed by atoms with Crippen LogP contribution in [0.2, 0.25) is 0 Å². The molecule has 3 rings (SSSR count). The first-order valence-electron chi connectivity index (χ1n) is 8.16. The summed E-state index contributed by atoms with van der Waals surface area (Å²) >= 11 is 1.52. The molecule has 3 aromatic rings. The van der Waals surface area contributed by atoms with Crippen molar-refractivity contribution in [2.24, 2.45) is 0 Å². The van der Waals surface area contributed by atoms with E-state index in [9.17, 15) is 14.8 Å². The monoisotopic (exact) mass is 371 g/mol. The fraction of sp³-hybridized carbons (Fsp3) is 0.235. The molecule has 1 unspecified atom stereocenters. The van der Waals surface area contributed by atoms with E-state index >= 15 is 0 Å². The average Bonchev–Trinajstić information content (AvgIpc) is 3.32. The van der Waals surface area contributed by atoms with E-state index in [0.717, 1.165) is 11.1 Å². The third kappa shape index (κ3) is 5.01. The number of carbonyl (C=O) groups excluding carboxylic acids is 1. The number of aryl methyl sites for hydroxylation is 1. The molecular weight excluding hydrogens is 353 g/mol. The van der Waals surface area contributed by atoms with Crippen molar-refractivity contribution >= 4 is 24.4 Å². The topological polar surface area (TPSA) is 108 Å². The van der Waals surface area contributed by atoms with Crippen molar-refractivity contribution in [1.29, 1.82) is 0 Å². The zero-order valence-corrected chi connectivity index (χ0v) is 14.7. The standard InChI is InChI=1S/C17H18BN3O4S/c22-16(19-14(18(23)24)10-12-8-9-26-11-12)7-6-15-20-17(25-21-15)13-4-2-1-3-5-13/h1-5,8-9,11,14,23-24H,6-7,10H2,(H,19,22). The molecule has 7 nitrogen and oxygen atoms in total. The fourth-order valence-corrected chi connectivity index (χ4v) is 3.13. The Morgan fingerprint density at radius 3 is 2.77 bits per heavy atom. The molecule has 2 heterocycles. The second kappa shape index (κ2) is 8.75. The van der Waals surface area contributed by atoms with Gasteiger partial charge in [-0.05, 0) is 40.9 Å². The van der Waals surface area contributed by atoms with Gasteiger partial charge in [-0.1, -0.05) is 23.4 Å². The van der Waals surface area contributed by atoms with Gasteiger partial charge < -0.3 is 19.9 Å². The Labute approximate surface area is 154 Å². The summed E-state index contributed by atoms with van der Waals surface area (Å²) in [6, 6.07) is 11.3. The normalized spacial score (nSPS) is 11.9. The lowest BCUT2D eigenvalue weighted by atomic mass is 9.76. The van der Waals surface area contributed by atoms with Gasteiger partial charge in [0.25, 0.3) is 5.89 Å². The van der Waals surface area contributed by atoms with Gasteiger partial charge in [-0.25, -0.2) is 0 Å². The lowest BCUT2D eigenvalue weighted by molar-refractivity contribution is -0.121. The summed E-state index contributed by atoms with van der Waals surface area (Å²) in [6.45, 7) is 0. The Bertz CT molecular complexity index is 824. The quantitative estimate of drug-likeness (QED) is 0.518. The third-order valence-corrected chi connectivity index (χ3v) is 4.54. The highest BCUT2D eigenvalue weighted by atomic mass is 32.1. The zero-order valence-electron chi connectivity index (χ0n) is 13.9. The van der Waals surface area contributed by atoms with E-state index in [4.69, 9.17) is 4.52 Å². The molecule has 0 bridgehead atoms. The van der Waals surface area contributed by atoms with Crippen molar-refractivity contribution in [3.8, 4) is 11.5 Å². The van der Waals surface area contributed by atoms with E-state index < -0.39 is 13.1 Å². The summed E-state index contributed by atoms with van der Waals surface area (Å²) in [5.74, 6) is -0.230. The molecule has 0 fully saturated rings. The second-order valence-electron chi connectivity index (χ2n) is 5.81. The SMILES string of the molecule is O=C(CCc1noc(-c2ccccc2)n1)NC(Cc1ccsc1)B(O)O. The summed E-state index contributed by atoms with van der Waals surface area (Å²) in [5, 5.41) is 29.3. The van der Waals surface area contributed by atoms with Crippen molar-refractivity contribution in [2.45, 2.75) is 25.2 Å². The lowest BCUT2D eigenvalue weighted by Gasteiger charge is -2.17. The van der Waals surface area contributed by atoms with E-state index in [-0.39, 0.29) is 12.3 Å². The van der Waals surface area contributed by atoms with E-state index in [0.29, 0.717) is 24.6 Å². The van der Waals surface area contributed by atoms with Gasteiger partial charge in [0, 0.05) is 18.4 Å². The highest BCUT2D eigenvalue weighted by molar-refractivity contribution is 7.07. The number of carbonyl (C=O) groups is 1. The molecule has 0 radical (unpaired) electrons. The second-order valence-corrected chi connectivity index (χ2v) is 6.59. The predicted octanol–water partition coefficient (Wildman–Crippen LogP) is 1.47. The Hall–Kier alpha value is -2.49. The minimum atomic E-state index is -1.63. The van der Waals surface area contributed by atoms with Crippen molar-refractivity contribution in [3.63, 3.8) is 0 Å². The highest BCUT2D eigenvalue weighted by Crippen LogP contribution is 2.16. The van der Waals surface area contributed by atoms with E-state index in [1.807, 2.05) is 47.2 Å². The van der Waals surface area contributed by atoms with Gasteiger partial charge in [0.1, 0.15) is 0 Å². The van der Waals surface area contributed by atoms with Crippen LogP contribution in [0.15, 0.2) is 51.7 Å². The van der Waals surface area contributed by atoms with E-state index in [1.54, 1.807) is 0 Å². The molecule has 0 aliphatic heterocycles. The minimum absolute atomic E-state index is 0.126. The van der Waals surface area contributed by atoms with E-state index in [1.165, 1.54) is 11.3 Å². The number of rotatable bonds is 8. The lowest BCUT2D eigenvalue weighted by Crippen LogP contribution is -2.47. The summed E-state index contributed by atoms with van der Waals surface area (Å²) in [4.78, 5) is 16.4. The van der Waals surface area contributed by atoms with Crippen molar-refractivity contribution in [2.75, 3.05) is 0 Å². The Morgan fingerprint density at radius 2 is 2.08 bits per heavy atom. The first-order chi connectivity index (χ1) is 12.6. The number of aromatic nitrogens is 2. The van der Waals surface area contributed by atoms with Gasteiger partial charge in [0.2, 0.25) is 5.91 Å². The first-order valence-corrected chi connectivity index (χ1v) is 9.10. The molecule has 0 saturated carbocycles. The number of nitrogens with zero attached hydrogens (tertiary/aromatic N) is 2. The molecule has 0 aliphatic carbocycles. The Morgan fingerprint density at radius 1 is 1.27 bits per heavy atom. The maximum atomic E-state index is 12.1. The molecule has 1 aromatic carbocycles. The minimum Gasteiger partial charge on any atom is -0.426 e. The Kier molecular flexibility index (Phi) is 6.16. The molecule has 1 amide bonds. The molecule has 2 aromatic heterocycles. The van der Waals surface area contributed by atoms with Gasteiger partial charge in [-0.3, -0.25) is 4.79 Å². The van der Waals surface area contributed by atoms with Crippen LogP contribution in [0.4, 0.5) is 0 Å². The summed E-state index contributed by atoms with van der Waals surface area (Å²) in [5.41, 5.74) is 1.76. The zero-order chi connectivity index (χ0) is 18.4. The van der Waals surface area contributed by atoms with Gasteiger partial charge in [0.05, 0.1) is 5.94 Å². The molecule has 3 N–H and O–H groups in total. The van der Waals surface area contributed by atoms with Crippen LogP contribution in [0.5, 0.6) is 0 Å². The first kappa shape index (κ1) is 18.3.